The Hall–Kier alpha value is -0.370. The van der Waals surface area contributed by atoms with Gasteiger partial charge in [-0.3, -0.25) is 4.79 Å². The van der Waals surface area contributed by atoms with Crippen molar-refractivity contribution in [1.29, 1.82) is 0 Å². The Bertz CT molecular complexity index is 175. The average molecular weight is 198 g/mol. The molecule has 0 N–H and O–H groups in total. The largest absolute Gasteiger partial charge is 0.368 e. The Morgan fingerprint density at radius 2 is 1.86 bits per heavy atom. The van der Waals surface area contributed by atoms with Crippen molar-refractivity contribution < 1.29 is 9.53 Å². The van der Waals surface area contributed by atoms with Gasteiger partial charge in [0.05, 0.1) is 0 Å². The van der Waals surface area contributed by atoms with E-state index in [2.05, 4.69) is 6.92 Å². The van der Waals surface area contributed by atoms with Gasteiger partial charge in [0.15, 0.2) is 5.78 Å². The van der Waals surface area contributed by atoms with Gasteiger partial charge in [-0.25, -0.2) is 0 Å². The van der Waals surface area contributed by atoms with Crippen molar-refractivity contribution in [3.8, 4) is 0 Å². The van der Waals surface area contributed by atoms with Crippen molar-refractivity contribution in [2.24, 2.45) is 0 Å². The minimum atomic E-state index is -0.400. The molecule has 2 heteroatoms. The SMILES string of the molecule is CCCC(=O)C1(OCC)CCCCC1. The zero-order valence-electron chi connectivity index (χ0n) is 9.47. The van der Waals surface area contributed by atoms with Crippen LogP contribution in [0.5, 0.6) is 0 Å². The summed E-state index contributed by atoms with van der Waals surface area (Å²) in [6.45, 7) is 4.70. The second-order valence-corrected chi connectivity index (χ2v) is 4.16. The highest BCUT2D eigenvalue weighted by Crippen LogP contribution is 2.33. The van der Waals surface area contributed by atoms with E-state index in [1.165, 1.54) is 6.42 Å². The second-order valence-electron chi connectivity index (χ2n) is 4.16. The summed E-state index contributed by atoms with van der Waals surface area (Å²) in [6, 6.07) is 0. The lowest BCUT2D eigenvalue weighted by molar-refractivity contribution is -0.149. The first-order chi connectivity index (χ1) is 6.75. The van der Waals surface area contributed by atoms with Crippen molar-refractivity contribution in [2.75, 3.05) is 6.61 Å². The smallest absolute Gasteiger partial charge is 0.164 e. The molecule has 0 atom stereocenters. The predicted octanol–water partition coefficient (Wildman–Crippen LogP) is 3.10. The van der Waals surface area contributed by atoms with Crippen LogP contribution in [0.25, 0.3) is 0 Å². The molecule has 1 saturated carbocycles. The molecule has 0 aromatic carbocycles. The molecule has 1 fully saturated rings. The number of ether oxygens (including phenoxy) is 1. The minimum Gasteiger partial charge on any atom is -0.368 e. The van der Waals surface area contributed by atoms with E-state index >= 15 is 0 Å². The van der Waals surface area contributed by atoms with Crippen molar-refractivity contribution >= 4 is 5.78 Å². The van der Waals surface area contributed by atoms with Gasteiger partial charge < -0.3 is 4.74 Å². The van der Waals surface area contributed by atoms with Crippen LogP contribution >= 0.6 is 0 Å². The first-order valence-corrected chi connectivity index (χ1v) is 5.92. The van der Waals surface area contributed by atoms with Crippen LogP contribution in [-0.2, 0) is 9.53 Å². The third-order valence-corrected chi connectivity index (χ3v) is 3.07. The maximum absolute atomic E-state index is 12.0. The molecule has 1 aliphatic carbocycles. The van der Waals surface area contributed by atoms with Crippen LogP contribution in [0.2, 0.25) is 0 Å². The zero-order chi connectivity index (χ0) is 10.4. The summed E-state index contributed by atoms with van der Waals surface area (Å²) in [5, 5.41) is 0. The van der Waals surface area contributed by atoms with E-state index in [1.807, 2.05) is 6.92 Å². The number of hydrogen-bond acceptors (Lipinski definition) is 2. The first-order valence-electron chi connectivity index (χ1n) is 5.92. The highest BCUT2D eigenvalue weighted by molar-refractivity contribution is 5.87. The summed E-state index contributed by atoms with van der Waals surface area (Å²) in [6.07, 6.45) is 7.06. The highest BCUT2D eigenvalue weighted by Gasteiger charge is 2.38. The Balaban J connectivity index is 2.63. The van der Waals surface area contributed by atoms with Gasteiger partial charge in [0, 0.05) is 13.0 Å². The van der Waals surface area contributed by atoms with Crippen LogP contribution in [0, 0.1) is 0 Å². The van der Waals surface area contributed by atoms with Gasteiger partial charge in [0.25, 0.3) is 0 Å². The van der Waals surface area contributed by atoms with Crippen molar-refractivity contribution in [3.63, 3.8) is 0 Å². The molecule has 0 spiro atoms. The number of Topliss-reactive ketones (excluding diaryl/α,β-unsaturated/α-hetero) is 1. The maximum Gasteiger partial charge on any atom is 0.164 e. The standard InChI is InChI=1S/C12H22O2/c1-3-8-11(13)12(14-4-2)9-6-5-7-10-12/h3-10H2,1-2H3. The van der Waals surface area contributed by atoms with Gasteiger partial charge in [-0.1, -0.05) is 26.2 Å². The highest BCUT2D eigenvalue weighted by atomic mass is 16.5. The lowest BCUT2D eigenvalue weighted by atomic mass is 9.80. The van der Waals surface area contributed by atoms with Crippen LogP contribution in [0.3, 0.4) is 0 Å². The summed E-state index contributed by atoms with van der Waals surface area (Å²) < 4.78 is 5.74. The van der Waals surface area contributed by atoms with E-state index in [0.29, 0.717) is 18.8 Å². The molecule has 0 amide bonds. The molecule has 0 aromatic heterocycles. The van der Waals surface area contributed by atoms with Crippen LogP contribution < -0.4 is 0 Å². The first kappa shape index (κ1) is 11.7. The topological polar surface area (TPSA) is 26.3 Å². The molecule has 82 valence electrons. The summed E-state index contributed by atoms with van der Waals surface area (Å²) in [5.41, 5.74) is -0.400. The number of rotatable bonds is 5. The molecule has 14 heavy (non-hydrogen) atoms. The third kappa shape index (κ3) is 2.57. The summed E-state index contributed by atoms with van der Waals surface area (Å²) in [7, 11) is 0. The molecule has 1 rings (SSSR count). The predicted molar refractivity (Wildman–Crippen MR) is 57.4 cm³/mol. The van der Waals surface area contributed by atoms with Crippen LogP contribution in [0.15, 0.2) is 0 Å². The minimum absolute atomic E-state index is 0.335. The normalized spacial score (nSPS) is 20.7. The number of carbonyl (C=O) groups is 1. The Labute approximate surface area is 87.0 Å². The third-order valence-electron chi connectivity index (χ3n) is 3.07. The van der Waals surface area contributed by atoms with Gasteiger partial charge in [-0.05, 0) is 26.2 Å². The molecule has 0 radical (unpaired) electrons. The Morgan fingerprint density at radius 3 is 2.36 bits per heavy atom. The maximum atomic E-state index is 12.0. The van der Waals surface area contributed by atoms with E-state index < -0.39 is 5.60 Å². The molecule has 0 saturated heterocycles. The average Bonchev–Trinajstić information content (AvgIpc) is 2.20. The fourth-order valence-corrected chi connectivity index (χ4v) is 2.36. The van der Waals surface area contributed by atoms with Crippen molar-refractivity contribution in [1.82, 2.24) is 0 Å². The monoisotopic (exact) mass is 198 g/mol. The summed E-state index contributed by atoms with van der Waals surface area (Å²) in [5.74, 6) is 0.335. The molecular weight excluding hydrogens is 176 g/mol. The molecule has 0 heterocycles. The van der Waals surface area contributed by atoms with Gasteiger partial charge in [-0.15, -0.1) is 0 Å². The molecule has 0 aliphatic heterocycles. The van der Waals surface area contributed by atoms with Crippen LogP contribution in [0.1, 0.15) is 58.8 Å². The van der Waals surface area contributed by atoms with Crippen molar-refractivity contribution in [2.45, 2.75) is 64.4 Å². The van der Waals surface area contributed by atoms with E-state index in [9.17, 15) is 4.79 Å². The number of carbonyl (C=O) groups excluding carboxylic acids is 1. The molecular formula is C12H22O2. The van der Waals surface area contributed by atoms with Crippen LogP contribution in [-0.4, -0.2) is 18.0 Å². The lowest BCUT2D eigenvalue weighted by Crippen LogP contribution is -2.43. The van der Waals surface area contributed by atoms with Crippen LogP contribution in [0.4, 0.5) is 0 Å². The lowest BCUT2D eigenvalue weighted by Gasteiger charge is -2.35. The van der Waals surface area contributed by atoms with E-state index in [0.717, 1.165) is 32.1 Å². The number of ketones is 1. The van der Waals surface area contributed by atoms with E-state index in [4.69, 9.17) is 4.74 Å². The zero-order valence-corrected chi connectivity index (χ0v) is 9.47. The summed E-state index contributed by atoms with van der Waals surface area (Å²) in [4.78, 5) is 12.0. The quantitative estimate of drug-likeness (QED) is 0.678. The second kappa shape index (κ2) is 5.50. The number of hydrogen-bond donors (Lipinski definition) is 0. The van der Waals surface area contributed by atoms with Gasteiger partial charge in [-0.2, -0.15) is 0 Å². The van der Waals surface area contributed by atoms with Gasteiger partial charge in [0.2, 0.25) is 0 Å². The molecule has 0 unspecified atom stereocenters. The van der Waals surface area contributed by atoms with Gasteiger partial charge >= 0.3 is 0 Å². The van der Waals surface area contributed by atoms with Crippen molar-refractivity contribution in [3.05, 3.63) is 0 Å². The molecule has 1 aliphatic rings. The Kier molecular flexibility index (Phi) is 4.59. The van der Waals surface area contributed by atoms with Gasteiger partial charge in [0.1, 0.15) is 5.60 Å². The fourth-order valence-electron chi connectivity index (χ4n) is 2.36. The molecule has 0 aromatic rings. The molecule has 2 nitrogen and oxygen atoms in total. The molecule has 0 bridgehead atoms. The van der Waals surface area contributed by atoms with E-state index in [-0.39, 0.29) is 0 Å². The fraction of sp³-hybridized carbons (Fsp3) is 0.917. The van der Waals surface area contributed by atoms with E-state index in [1.54, 1.807) is 0 Å². The Morgan fingerprint density at radius 1 is 1.21 bits per heavy atom. The summed E-state index contributed by atoms with van der Waals surface area (Å²) >= 11 is 0.